The van der Waals surface area contributed by atoms with Gasteiger partial charge in [-0.15, -0.1) is 0 Å². The molecule has 0 aliphatic heterocycles. The Kier molecular flexibility index (Phi) is 11.5. The van der Waals surface area contributed by atoms with Crippen molar-refractivity contribution in [2.24, 2.45) is 4.99 Å². The van der Waals surface area contributed by atoms with Crippen LogP contribution < -0.4 is 10.6 Å². The molecule has 0 aliphatic carbocycles. The van der Waals surface area contributed by atoms with Crippen LogP contribution in [0.4, 0.5) is 0 Å². The van der Waals surface area contributed by atoms with Crippen molar-refractivity contribution < 1.29 is 4.74 Å². The van der Waals surface area contributed by atoms with Gasteiger partial charge in [-0.05, 0) is 44.0 Å². The SMILES string of the molecule is CN=C(NCCCc1cccc(Br)c1)NCCN(C)CCCOC. The molecule has 5 nitrogen and oxygen atoms in total. The fourth-order valence-corrected chi connectivity index (χ4v) is 2.81. The number of guanidine groups is 1. The summed E-state index contributed by atoms with van der Waals surface area (Å²) in [6.45, 7) is 4.65. The molecule has 1 rings (SSSR count). The molecule has 0 spiro atoms. The van der Waals surface area contributed by atoms with Crippen molar-refractivity contribution >= 4 is 21.9 Å². The summed E-state index contributed by atoms with van der Waals surface area (Å²) in [7, 11) is 5.69. The van der Waals surface area contributed by atoms with Crippen LogP contribution in [0.3, 0.4) is 0 Å². The van der Waals surface area contributed by atoms with Gasteiger partial charge in [0.2, 0.25) is 0 Å². The fourth-order valence-electron chi connectivity index (χ4n) is 2.37. The molecule has 0 amide bonds. The number of likely N-dealkylation sites (N-methyl/N-ethyl adjacent to an activating group) is 1. The minimum atomic E-state index is 0.818. The van der Waals surface area contributed by atoms with Crippen molar-refractivity contribution in [2.75, 3.05) is 54.0 Å². The van der Waals surface area contributed by atoms with Gasteiger partial charge in [0.25, 0.3) is 0 Å². The van der Waals surface area contributed by atoms with Crippen molar-refractivity contribution in [1.29, 1.82) is 0 Å². The van der Waals surface area contributed by atoms with Crippen LogP contribution in [0.15, 0.2) is 33.7 Å². The Labute approximate surface area is 155 Å². The zero-order valence-electron chi connectivity index (χ0n) is 15.1. The maximum atomic E-state index is 5.07. The number of benzene rings is 1. The molecule has 0 atom stereocenters. The lowest BCUT2D eigenvalue weighted by molar-refractivity contribution is 0.180. The van der Waals surface area contributed by atoms with Crippen LogP contribution in [-0.2, 0) is 11.2 Å². The van der Waals surface area contributed by atoms with E-state index in [-0.39, 0.29) is 0 Å². The van der Waals surface area contributed by atoms with E-state index in [9.17, 15) is 0 Å². The highest BCUT2D eigenvalue weighted by molar-refractivity contribution is 9.10. The molecule has 6 heteroatoms. The molecule has 0 saturated carbocycles. The standard InChI is InChI=1S/C18H31BrN4O/c1-20-18(22-11-13-23(2)12-6-14-24-3)21-10-5-8-16-7-4-9-17(19)15-16/h4,7,9,15H,5-6,8,10-14H2,1-3H3,(H2,20,21,22). The highest BCUT2D eigenvalue weighted by Gasteiger charge is 2.01. The topological polar surface area (TPSA) is 48.9 Å². The first-order chi connectivity index (χ1) is 11.7. The summed E-state index contributed by atoms with van der Waals surface area (Å²) < 4.78 is 6.21. The Morgan fingerprint density at radius 2 is 2.00 bits per heavy atom. The Balaban J connectivity index is 2.12. The Bertz CT molecular complexity index is 482. The van der Waals surface area contributed by atoms with E-state index in [1.807, 2.05) is 7.05 Å². The van der Waals surface area contributed by atoms with E-state index in [1.165, 1.54) is 5.56 Å². The normalized spacial score (nSPS) is 11.8. The first kappa shape index (κ1) is 20.9. The molecule has 0 unspecified atom stereocenters. The number of nitrogens with one attached hydrogen (secondary N) is 2. The van der Waals surface area contributed by atoms with Gasteiger partial charge in [0.15, 0.2) is 5.96 Å². The first-order valence-corrected chi connectivity index (χ1v) is 9.31. The summed E-state index contributed by atoms with van der Waals surface area (Å²) in [6.07, 6.45) is 3.20. The molecule has 24 heavy (non-hydrogen) atoms. The van der Waals surface area contributed by atoms with Gasteiger partial charge in [-0.2, -0.15) is 0 Å². The number of methoxy groups -OCH3 is 1. The van der Waals surface area contributed by atoms with Gasteiger partial charge in [0, 0.05) is 51.4 Å². The van der Waals surface area contributed by atoms with Gasteiger partial charge in [0.05, 0.1) is 0 Å². The molecule has 0 radical (unpaired) electrons. The van der Waals surface area contributed by atoms with Crippen LogP contribution in [0, 0.1) is 0 Å². The largest absolute Gasteiger partial charge is 0.385 e. The number of rotatable bonds is 11. The number of hydrogen-bond acceptors (Lipinski definition) is 3. The molecule has 0 heterocycles. The molecule has 136 valence electrons. The van der Waals surface area contributed by atoms with Crippen LogP contribution in [-0.4, -0.2) is 64.9 Å². The van der Waals surface area contributed by atoms with Gasteiger partial charge in [-0.3, -0.25) is 4.99 Å². The van der Waals surface area contributed by atoms with Crippen LogP contribution in [0.1, 0.15) is 18.4 Å². The van der Waals surface area contributed by atoms with Crippen molar-refractivity contribution in [3.63, 3.8) is 0 Å². The smallest absolute Gasteiger partial charge is 0.191 e. The molecular weight excluding hydrogens is 368 g/mol. The van der Waals surface area contributed by atoms with Crippen LogP contribution in [0.2, 0.25) is 0 Å². The summed E-state index contributed by atoms with van der Waals surface area (Å²) in [6, 6.07) is 8.47. The second kappa shape index (κ2) is 13.2. The lowest BCUT2D eigenvalue weighted by Gasteiger charge is -2.18. The van der Waals surface area contributed by atoms with E-state index in [0.717, 1.165) is 62.5 Å². The van der Waals surface area contributed by atoms with E-state index in [1.54, 1.807) is 7.11 Å². The van der Waals surface area contributed by atoms with Crippen molar-refractivity contribution in [3.05, 3.63) is 34.3 Å². The number of aryl methyl sites for hydroxylation is 1. The van der Waals surface area contributed by atoms with Crippen LogP contribution in [0.5, 0.6) is 0 Å². The number of aliphatic imine (C=N–C) groups is 1. The minimum absolute atomic E-state index is 0.818. The first-order valence-electron chi connectivity index (χ1n) is 8.52. The van der Waals surface area contributed by atoms with Crippen molar-refractivity contribution in [3.8, 4) is 0 Å². The molecule has 0 aromatic heterocycles. The molecule has 0 saturated heterocycles. The Hall–Kier alpha value is -1.11. The van der Waals surface area contributed by atoms with Crippen molar-refractivity contribution in [1.82, 2.24) is 15.5 Å². The average Bonchev–Trinajstić information content (AvgIpc) is 2.57. The van der Waals surface area contributed by atoms with E-state index in [2.05, 4.69) is 67.8 Å². The third-order valence-electron chi connectivity index (χ3n) is 3.72. The highest BCUT2D eigenvalue weighted by Crippen LogP contribution is 2.12. The second-order valence-electron chi connectivity index (χ2n) is 5.81. The molecule has 0 aliphatic rings. The molecule has 0 bridgehead atoms. The second-order valence-corrected chi connectivity index (χ2v) is 6.72. The number of halogens is 1. The maximum absolute atomic E-state index is 5.07. The lowest BCUT2D eigenvalue weighted by atomic mass is 10.1. The van der Waals surface area contributed by atoms with Gasteiger partial charge in [-0.25, -0.2) is 0 Å². The lowest BCUT2D eigenvalue weighted by Crippen LogP contribution is -2.41. The predicted octanol–water partition coefficient (Wildman–Crippen LogP) is 2.52. The number of hydrogen-bond donors (Lipinski definition) is 2. The summed E-state index contributed by atoms with van der Waals surface area (Å²) in [5.41, 5.74) is 1.35. The number of nitrogens with zero attached hydrogens (tertiary/aromatic N) is 2. The zero-order valence-corrected chi connectivity index (χ0v) is 16.7. The van der Waals surface area contributed by atoms with Gasteiger partial charge in [-0.1, -0.05) is 28.1 Å². The predicted molar refractivity (Wildman–Crippen MR) is 106 cm³/mol. The van der Waals surface area contributed by atoms with Gasteiger partial charge in [0.1, 0.15) is 0 Å². The van der Waals surface area contributed by atoms with Crippen LogP contribution in [0.25, 0.3) is 0 Å². The summed E-state index contributed by atoms with van der Waals surface area (Å²) in [5, 5.41) is 6.73. The highest BCUT2D eigenvalue weighted by atomic mass is 79.9. The molecular formula is C18H31BrN4O. The molecule has 1 aromatic carbocycles. The van der Waals surface area contributed by atoms with Crippen molar-refractivity contribution in [2.45, 2.75) is 19.3 Å². The van der Waals surface area contributed by atoms with E-state index in [0.29, 0.717) is 0 Å². The summed E-state index contributed by atoms with van der Waals surface area (Å²) in [4.78, 5) is 6.57. The van der Waals surface area contributed by atoms with Gasteiger partial charge >= 0.3 is 0 Å². The summed E-state index contributed by atoms with van der Waals surface area (Å²) >= 11 is 3.51. The van der Waals surface area contributed by atoms with E-state index >= 15 is 0 Å². The third kappa shape index (κ3) is 9.90. The maximum Gasteiger partial charge on any atom is 0.191 e. The average molecular weight is 399 g/mol. The van der Waals surface area contributed by atoms with E-state index in [4.69, 9.17) is 4.74 Å². The third-order valence-corrected chi connectivity index (χ3v) is 4.21. The Morgan fingerprint density at radius 3 is 2.71 bits per heavy atom. The van der Waals surface area contributed by atoms with Gasteiger partial charge < -0.3 is 20.3 Å². The quantitative estimate of drug-likeness (QED) is 0.341. The summed E-state index contributed by atoms with van der Waals surface area (Å²) in [5.74, 6) is 0.870. The number of ether oxygens (including phenoxy) is 1. The molecule has 1 aromatic rings. The minimum Gasteiger partial charge on any atom is -0.385 e. The Morgan fingerprint density at radius 1 is 1.21 bits per heavy atom. The molecule has 2 N–H and O–H groups in total. The van der Waals surface area contributed by atoms with E-state index < -0.39 is 0 Å². The zero-order chi connectivity index (χ0) is 17.6. The fraction of sp³-hybridized carbons (Fsp3) is 0.611. The monoisotopic (exact) mass is 398 g/mol. The molecule has 0 fully saturated rings. The van der Waals surface area contributed by atoms with Crippen LogP contribution >= 0.6 is 15.9 Å².